The third-order valence-corrected chi connectivity index (χ3v) is 4.10. The molecule has 2 rings (SSSR count). The first kappa shape index (κ1) is 13.6. The van der Waals surface area contributed by atoms with Crippen LogP contribution in [0.1, 0.15) is 44.9 Å². The molecule has 0 unspecified atom stereocenters. The number of allylic oxidation sites excluding steroid dienone is 1. The number of carboxylic acids is 1. The molecule has 4 nitrogen and oxygen atoms in total. The van der Waals surface area contributed by atoms with Crippen LogP contribution < -0.4 is 0 Å². The maximum Gasteiger partial charge on any atom is 0.303 e. The second kappa shape index (κ2) is 5.85. The predicted molar refractivity (Wildman–Crippen MR) is 67.3 cm³/mol. The normalized spacial score (nSPS) is 34.5. The quantitative estimate of drug-likeness (QED) is 0.539. The number of unbranched alkanes of at least 4 members (excludes halogenated alkanes) is 1. The zero-order valence-electron chi connectivity index (χ0n) is 10.7. The van der Waals surface area contributed by atoms with Crippen molar-refractivity contribution < 1.29 is 19.7 Å². The van der Waals surface area contributed by atoms with Gasteiger partial charge in [-0.05, 0) is 38.5 Å². The second-order valence-electron chi connectivity index (χ2n) is 5.49. The molecule has 102 valence electrons. The Labute approximate surface area is 108 Å². The van der Waals surface area contributed by atoms with Crippen molar-refractivity contribution in [1.82, 2.24) is 0 Å². The molecule has 2 bridgehead atoms. The van der Waals surface area contributed by atoms with Crippen LogP contribution in [0.2, 0.25) is 0 Å². The standard InChI is InChI=1S/C14H22O4/c15-10-11-9-14(8-6-12(11)18-14)7-4-2-1-3-5-13(16)17/h2,4,11-12,15H,1,3,5-10H2,(H,16,17)/t11-,12+,14-/m1/s1. The summed E-state index contributed by atoms with van der Waals surface area (Å²) >= 11 is 0. The molecule has 2 fully saturated rings. The maximum absolute atomic E-state index is 10.3. The van der Waals surface area contributed by atoms with Gasteiger partial charge in [0.1, 0.15) is 0 Å². The lowest BCUT2D eigenvalue weighted by Gasteiger charge is -2.24. The van der Waals surface area contributed by atoms with Gasteiger partial charge in [-0.15, -0.1) is 0 Å². The molecule has 0 radical (unpaired) electrons. The lowest BCUT2D eigenvalue weighted by atomic mass is 9.80. The summed E-state index contributed by atoms with van der Waals surface area (Å²) in [5.41, 5.74) is -0.0403. The number of hydrogen-bond acceptors (Lipinski definition) is 3. The highest BCUT2D eigenvalue weighted by atomic mass is 16.5. The molecule has 2 N–H and O–H groups in total. The molecule has 3 atom stereocenters. The number of carboxylic acid groups (broad SMARTS) is 1. The summed E-state index contributed by atoms with van der Waals surface area (Å²) in [5.74, 6) is -0.412. The monoisotopic (exact) mass is 254 g/mol. The number of hydrogen-bond donors (Lipinski definition) is 2. The Morgan fingerprint density at radius 1 is 1.44 bits per heavy atom. The average Bonchev–Trinajstić information content (AvgIpc) is 2.91. The Hall–Kier alpha value is -0.870. The number of rotatable bonds is 7. The van der Waals surface area contributed by atoms with Gasteiger partial charge in [0, 0.05) is 18.9 Å². The van der Waals surface area contributed by atoms with Gasteiger partial charge in [-0.3, -0.25) is 4.79 Å². The molecule has 0 spiro atoms. The van der Waals surface area contributed by atoms with Crippen molar-refractivity contribution in [2.75, 3.05) is 6.61 Å². The highest BCUT2D eigenvalue weighted by Crippen LogP contribution is 2.48. The van der Waals surface area contributed by atoms with Crippen molar-refractivity contribution in [3.8, 4) is 0 Å². The number of aliphatic carboxylic acids is 1. The number of carbonyl (C=O) groups is 1. The Kier molecular flexibility index (Phi) is 4.40. The second-order valence-corrected chi connectivity index (χ2v) is 5.49. The molecule has 2 saturated heterocycles. The van der Waals surface area contributed by atoms with E-state index in [1.54, 1.807) is 0 Å². The van der Waals surface area contributed by atoms with Crippen molar-refractivity contribution in [3.63, 3.8) is 0 Å². The van der Waals surface area contributed by atoms with Gasteiger partial charge in [0.25, 0.3) is 0 Å². The van der Waals surface area contributed by atoms with Gasteiger partial charge in [0.15, 0.2) is 0 Å². The van der Waals surface area contributed by atoms with Gasteiger partial charge in [0.05, 0.1) is 11.7 Å². The van der Waals surface area contributed by atoms with E-state index >= 15 is 0 Å². The Balaban J connectivity index is 1.70. The van der Waals surface area contributed by atoms with Crippen molar-refractivity contribution in [1.29, 1.82) is 0 Å². The lowest BCUT2D eigenvalue weighted by Crippen LogP contribution is -2.26. The minimum absolute atomic E-state index is 0.0403. The van der Waals surface area contributed by atoms with Gasteiger partial charge in [-0.2, -0.15) is 0 Å². The van der Waals surface area contributed by atoms with Gasteiger partial charge < -0.3 is 14.9 Å². The lowest BCUT2D eigenvalue weighted by molar-refractivity contribution is -0.137. The summed E-state index contributed by atoms with van der Waals surface area (Å²) in [6, 6.07) is 0. The molecule has 0 aromatic carbocycles. The maximum atomic E-state index is 10.3. The van der Waals surface area contributed by atoms with Crippen LogP contribution in [0.3, 0.4) is 0 Å². The summed E-state index contributed by atoms with van der Waals surface area (Å²) < 4.78 is 6.00. The summed E-state index contributed by atoms with van der Waals surface area (Å²) in [5, 5.41) is 17.8. The van der Waals surface area contributed by atoms with E-state index in [2.05, 4.69) is 12.2 Å². The molecule has 0 aromatic heterocycles. The third kappa shape index (κ3) is 3.12. The van der Waals surface area contributed by atoms with Gasteiger partial charge >= 0.3 is 5.97 Å². The van der Waals surface area contributed by atoms with Crippen LogP contribution in [0.4, 0.5) is 0 Å². The van der Waals surface area contributed by atoms with E-state index in [0.717, 1.165) is 32.1 Å². The van der Waals surface area contributed by atoms with Crippen LogP contribution >= 0.6 is 0 Å². The zero-order valence-corrected chi connectivity index (χ0v) is 10.7. The summed E-state index contributed by atoms with van der Waals surface area (Å²) in [7, 11) is 0. The van der Waals surface area contributed by atoms with Crippen molar-refractivity contribution in [2.45, 2.75) is 56.7 Å². The minimum atomic E-state index is -0.731. The van der Waals surface area contributed by atoms with E-state index in [1.807, 2.05) is 0 Å². The van der Waals surface area contributed by atoms with Crippen LogP contribution in [0.25, 0.3) is 0 Å². The topological polar surface area (TPSA) is 66.8 Å². The van der Waals surface area contributed by atoms with Crippen LogP contribution in [-0.2, 0) is 9.53 Å². The highest BCUT2D eigenvalue weighted by molar-refractivity contribution is 5.66. The molecular formula is C14H22O4. The van der Waals surface area contributed by atoms with E-state index in [-0.39, 0.29) is 24.7 Å². The largest absolute Gasteiger partial charge is 0.481 e. The fraction of sp³-hybridized carbons (Fsp3) is 0.786. The van der Waals surface area contributed by atoms with Gasteiger partial charge in [0.2, 0.25) is 0 Å². The van der Waals surface area contributed by atoms with Crippen molar-refractivity contribution >= 4 is 5.97 Å². The molecule has 0 amide bonds. The molecule has 2 aliphatic heterocycles. The van der Waals surface area contributed by atoms with E-state index in [4.69, 9.17) is 9.84 Å². The summed E-state index contributed by atoms with van der Waals surface area (Å²) in [6.07, 6.45) is 10.2. The number of aliphatic hydroxyl groups is 1. The van der Waals surface area contributed by atoms with E-state index < -0.39 is 5.97 Å². The molecule has 2 heterocycles. The minimum Gasteiger partial charge on any atom is -0.481 e. The number of ether oxygens (including phenoxy) is 1. The molecular weight excluding hydrogens is 232 g/mol. The van der Waals surface area contributed by atoms with E-state index in [9.17, 15) is 9.90 Å². The Bertz CT molecular complexity index is 326. The SMILES string of the molecule is O=C(O)CCCC=CC[C@]12CC[C@H](O1)[C@@H](CO)C2. The van der Waals surface area contributed by atoms with Crippen molar-refractivity contribution in [3.05, 3.63) is 12.2 Å². The van der Waals surface area contributed by atoms with Crippen LogP contribution in [-0.4, -0.2) is 34.5 Å². The Morgan fingerprint density at radius 2 is 2.28 bits per heavy atom. The van der Waals surface area contributed by atoms with Crippen molar-refractivity contribution in [2.24, 2.45) is 5.92 Å². The fourth-order valence-corrected chi connectivity index (χ4v) is 3.14. The number of aliphatic hydroxyl groups excluding tert-OH is 1. The van der Waals surface area contributed by atoms with Gasteiger partial charge in [-0.1, -0.05) is 12.2 Å². The van der Waals surface area contributed by atoms with Gasteiger partial charge in [-0.25, -0.2) is 0 Å². The van der Waals surface area contributed by atoms with Crippen LogP contribution in [0, 0.1) is 5.92 Å². The first-order valence-electron chi connectivity index (χ1n) is 6.81. The van der Waals surface area contributed by atoms with Crippen LogP contribution in [0.15, 0.2) is 12.2 Å². The number of fused-ring (bicyclic) bond motifs is 2. The first-order chi connectivity index (χ1) is 8.65. The summed E-state index contributed by atoms with van der Waals surface area (Å²) in [4.78, 5) is 10.3. The Morgan fingerprint density at radius 3 is 2.94 bits per heavy atom. The van der Waals surface area contributed by atoms with E-state index in [0.29, 0.717) is 12.3 Å². The first-order valence-corrected chi connectivity index (χ1v) is 6.81. The molecule has 0 aliphatic carbocycles. The summed E-state index contributed by atoms with van der Waals surface area (Å²) in [6.45, 7) is 0.231. The molecule has 4 heteroatoms. The predicted octanol–water partition coefficient (Wildman–Crippen LogP) is 2.12. The highest BCUT2D eigenvalue weighted by Gasteiger charge is 2.50. The molecule has 0 aromatic rings. The average molecular weight is 254 g/mol. The smallest absolute Gasteiger partial charge is 0.303 e. The molecule has 2 aliphatic rings. The zero-order chi connectivity index (χ0) is 13.0. The van der Waals surface area contributed by atoms with Crippen LogP contribution in [0.5, 0.6) is 0 Å². The molecule has 0 saturated carbocycles. The third-order valence-electron chi connectivity index (χ3n) is 4.10. The van der Waals surface area contributed by atoms with E-state index in [1.165, 1.54) is 0 Å². The fourth-order valence-electron chi connectivity index (χ4n) is 3.14. The molecule has 18 heavy (non-hydrogen) atoms.